The summed E-state index contributed by atoms with van der Waals surface area (Å²) in [6.07, 6.45) is 6.09. The van der Waals surface area contributed by atoms with E-state index in [1.807, 2.05) is 24.7 Å². The average Bonchev–Trinajstić information content (AvgIpc) is 2.88. The number of unbranched alkanes of at least 4 members (excludes halogenated alkanes) is 1. The minimum absolute atomic E-state index is 0.242. The molecule has 2 aromatic heterocycles. The largest absolute Gasteiger partial charge is 0.482 e. The lowest BCUT2D eigenvalue weighted by Gasteiger charge is -2.19. The van der Waals surface area contributed by atoms with Gasteiger partial charge in [0.15, 0.2) is 11.6 Å². The van der Waals surface area contributed by atoms with Gasteiger partial charge in [0.1, 0.15) is 6.61 Å². The topological polar surface area (TPSA) is 90.9 Å². The molecule has 1 atom stereocenters. The molecule has 24 heavy (non-hydrogen) atoms. The van der Waals surface area contributed by atoms with E-state index in [4.69, 9.17) is 10.5 Å². The molecule has 0 saturated carbocycles. The fourth-order valence-corrected chi connectivity index (χ4v) is 2.57. The van der Waals surface area contributed by atoms with Crippen molar-refractivity contribution in [3.8, 4) is 5.75 Å². The fourth-order valence-electron chi connectivity index (χ4n) is 2.57. The van der Waals surface area contributed by atoms with Crippen molar-refractivity contribution in [3.63, 3.8) is 0 Å². The van der Waals surface area contributed by atoms with Crippen molar-refractivity contribution in [2.24, 2.45) is 7.05 Å². The minimum Gasteiger partial charge on any atom is -0.482 e. The van der Waals surface area contributed by atoms with E-state index in [2.05, 4.69) is 34.2 Å². The van der Waals surface area contributed by atoms with E-state index in [-0.39, 0.29) is 5.95 Å². The smallest absolute Gasteiger partial charge is 0.222 e. The number of hydrogen-bond acceptors (Lipinski definition) is 6. The Hall–Kier alpha value is -2.31. The van der Waals surface area contributed by atoms with Crippen LogP contribution in [-0.2, 0) is 13.7 Å². The number of rotatable bonds is 9. The van der Waals surface area contributed by atoms with Gasteiger partial charge in [-0.05, 0) is 25.8 Å². The van der Waals surface area contributed by atoms with Gasteiger partial charge in [0.05, 0.1) is 17.6 Å². The van der Waals surface area contributed by atoms with E-state index < -0.39 is 0 Å². The van der Waals surface area contributed by atoms with Crippen LogP contribution in [0.4, 0.5) is 11.8 Å². The van der Waals surface area contributed by atoms with Crippen LogP contribution in [0.2, 0.25) is 0 Å². The van der Waals surface area contributed by atoms with Gasteiger partial charge >= 0.3 is 0 Å². The third-order valence-corrected chi connectivity index (χ3v) is 3.99. The van der Waals surface area contributed by atoms with E-state index in [9.17, 15) is 0 Å². The molecule has 0 aromatic carbocycles. The van der Waals surface area contributed by atoms with Crippen LogP contribution in [0.3, 0.4) is 0 Å². The number of aryl methyl sites for hydroxylation is 2. The summed E-state index contributed by atoms with van der Waals surface area (Å²) >= 11 is 0. The Morgan fingerprint density at radius 2 is 2.17 bits per heavy atom. The summed E-state index contributed by atoms with van der Waals surface area (Å²) in [5.74, 6) is 1.51. The number of aromatic nitrogens is 4. The van der Waals surface area contributed by atoms with E-state index in [0.717, 1.165) is 24.2 Å². The van der Waals surface area contributed by atoms with Gasteiger partial charge in [0.25, 0.3) is 0 Å². The molecule has 2 aromatic rings. The third kappa shape index (κ3) is 4.84. The lowest BCUT2D eigenvalue weighted by atomic mass is 10.1. The summed E-state index contributed by atoms with van der Waals surface area (Å²) in [6, 6.07) is 2.35. The second kappa shape index (κ2) is 8.52. The SMILES string of the molecule is CCCC[C@@H](CC)Nc1nc(N)ncc1OCc1cc(C)nn1C. The molecule has 0 radical (unpaired) electrons. The molecule has 0 aliphatic carbocycles. The van der Waals surface area contributed by atoms with Crippen LogP contribution in [0, 0.1) is 6.92 Å². The van der Waals surface area contributed by atoms with E-state index in [1.54, 1.807) is 6.20 Å². The average molecular weight is 332 g/mol. The van der Waals surface area contributed by atoms with Gasteiger partial charge in [-0.3, -0.25) is 4.68 Å². The first-order valence-electron chi connectivity index (χ1n) is 8.54. The number of nitrogens with one attached hydrogen (secondary N) is 1. The molecule has 0 aliphatic rings. The van der Waals surface area contributed by atoms with Crippen LogP contribution in [0.15, 0.2) is 12.3 Å². The zero-order chi connectivity index (χ0) is 17.5. The number of ether oxygens (including phenoxy) is 1. The predicted octanol–water partition coefficient (Wildman–Crippen LogP) is 3.06. The van der Waals surface area contributed by atoms with Crippen molar-refractivity contribution < 1.29 is 4.74 Å². The second-order valence-corrected chi connectivity index (χ2v) is 6.02. The lowest BCUT2D eigenvalue weighted by Crippen LogP contribution is -2.20. The number of nitrogens with two attached hydrogens (primary N) is 1. The molecule has 0 fully saturated rings. The first kappa shape index (κ1) is 18.0. The zero-order valence-electron chi connectivity index (χ0n) is 15.0. The molecule has 2 rings (SSSR count). The molecule has 0 unspecified atom stereocenters. The molecule has 0 amide bonds. The zero-order valence-corrected chi connectivity index (χ0v) is 15.0. The standard InChI is InChI=1S/C17H28N6O/c1-5-7-8-13(6-2)20-16-15(10-19-17(18)21-16)24-11-14-9-12(3)22-23(14)4/h9-10,13H,5-8,11H2,1-4H3,(H3,18,19,20,21)/t13-/m1/s1. The number of nitrogens with zero attached hydrogens (tertiary/aromatic N) is 4. The molecule has 132 valence electrons. The van der Waals surface area contributed by atoms with E-state index >= 15 is 0 Å². The van der Waals surface area contributed by atoms with Gasteiger partial charge < -0.3 is 15.8 Å². The van der Waals surface area contributed by atoms with Crippen LogP contribution in [0.5, 0.6) is 5.75 Å². The molecular formula is C17H28N6O. The third-order valence-electron chi connectivity index (χ3n) is 3.99. The first-order valence-corrected chi connectivity index (χ1v) is 8.54. The van der Waals surface area contributed by atoms with E-state index in [1.165, 1.54) is 12.8 Å². The molecule has 3 N–H and O–H groups in total. The second-order valence-electron chi connectivity index (χ2n) is 6.02. The highest BCUT2D eigenvalue weighted by Crippen LogP contribution is 2.25. The molecule has 0 saturated heterocycles. The lowest BCUT2D eigenvalue weighted by molar-refractivity contribution is 0.294. The van der Waals surface area contributed by atoms with Crippen molar-refractivity contribution >= 4 is 11.8 Å². The van der Waals surface area contributed by atoms with Crippen LogP contribution in [0.1, 0.15) is 50.9 Å². The van der Waals surface area contributed by atoms with Crippen molar-refractivity contribution in [3.05, 3.63) is 23.7 Å². The van der Waals surface area contributed by atoms with Gasteiger partial charge in [-0.1, -0.05) is 26.7 Å². The van der Waals surface area contributed by atoms with Crippen molar-refractivity contribution in [2.45, 2.75) is 59.1 Å². The van der Waals surface area contributed by atoms with Gasteiger partial charge in [-0.2, -0.15) is 10.1 Å². The summed E-state index contributed by atoms with van der Waals surface area (Å²) < 4.78 is 7.73. The van der Waals surface area contributed by atoms with Gasteiger partial charge in [0.2, 0.25) is 5.95 Å². The first-order chi connectivity index (χ1) is 11.5. The highest BCUT2D eigenvalue weighted by Gasteiger charge is 2.13. The minimum atomic E-state index is 0.242. The maximum Gasteiger partial charge on any atom is 0.222 e. The summed E-state index contributed by atoms with van der Waals surface area (Å²) in [6.45, 7) is 6.73. The Balaban J connectivity index is 2.10. The predicted molar refractivity (Wildman–Crippen MR) is 95.9 cm³/mol. The van der Waals surface area contributed by atoms with Crippen LogP contribution >= 0.6 is 0 Å². The monoisotopic (exact) mass is 332 g/mol. The molecule has 7 nitrogen and oxygen atoms in total. The van der Waals surface area contributed by atoms with E-state index in [0.29, 0.717) is 24.2 Å². The molecule has 7 heteroatoms. The maximum absolute atomic E-state index is 5.92. The van der Waals surface area contributed by atoms with Crippen LogP contribution in [-0.4, -0.2) is 25.8 Å². The molecule has 0 spiro atoms. The molecule has 0 aliphatic heterocycles. The highest BCUT2D eigenvalue weighted by molar-refractivity contribution is 5.51. The number of hydrogen-bond donors (Lipinski definition) is 2. The number of nitrogen functional groups attached to an aromatic ring is 1. The Bertz CT molecular complexity index is 655. The Kier molecular flexibility index (Phi) is 6.40. The molecule has 2 heterocycles. The van der Waals surface area contributed by atoms with Crippen molar-refractivity contribution in [1.29, 1.82) is 0 Å². The Morgan fingerprint density at radius 3 is 2.79 bits per heavy atom. The summed E-state index contributed by atoms with van der Waals surface area (Å²) in [4.78, 5) is 8.37. The Labute approximate surface area is 143 Å². The quantitative estimate of drug-likeness (QED) is 0.733. The van der Waals surface area contributed by atoms with Crippen LogP contribution in [0.25, 0.3) is 0 Å². The molecule has 0 bridgehead atoms. The molecular weight excluding hydrogens is 304 g/mol. The highest BCUT2D eigenvalue weighted by atomic mass is 16.5. The number of anilines is 2. The van der Waals surface area contributed by atoms with Crippen molar-refractivity contribution in [2.75, 3.05) is 11.1 Å². The Morgan fingerprint density at radius 1 is 1.38 bits per heavy atom. The van der Waals surface area contributed by atoms with Gasteiger partial charge in [-0.25, -0.2) is 4.98 Å². The van der Waals surface area contributed by atoms with Gasteiger partial charge in [0, 0.05) is 13.1 Å². The summed E-state index contributed by atoms with van der Waals surface area (Å²) in [7, 11) is 1.90. The summed E-state index contributed by atoms with van der Waals surface area (Å²) in [5.41, 5.74) is 7.71. The fraction of sp³-hybridized carbons (Fsp3) is 0.588. The maximum atomic E-state index is 5.92. The van der Waals surface area contributed by atoms with Crippen LogP contribution < -0.4 is 15.8 Å². The van der Waals surface area contributed by atoms with Gasteiger partial charge in [-0.15, -0.1) is 0 Å². The normalized spacial score (nSPS) is 12.2. The summed E-state index contributed by atoms with van der Waals surface area (Å²) in [5, 5.41) is 7.78. The van der Waals surface area contributed by atoms with Crippen molar-refractivity contribution in [1.82, 2.24) is 19.7 Å².